The van der Waals surface area contributed by atoms with Gasteiger partial charge in [-0.1, -0.05) is 245 Å². The third-order valence-electron chi connectivity index (χ3n) is 18.6. The SMILES string of the molecule is CCCCCCCCCCCCCCCCCCCCCCCCCCCC(O)C(COC1OC(CO)C(OC2OC(CO)C(O)C(OC3(C(=O)O)CC(O)C(NC(C)=O)C(C(O)C(O)CO)O3)C2O)C(O)C1O)NC(=O)CCCCCCCCCCCCCC. The maximum Gasteiger partial charge on any atom is 0.364 e. The average molecular weight is 1310 g/mol. The number of aliphatic hydroxyl groups is 11. The second kappa shape index (κ2) is 49.3. The van der Waals surface area contributed by atoms with Crippen molar-refractivity contribution in [1.82, 2.24) is 10.6 Å². The molecular weight excluding hydrogens is 1180 g/mol. The van der Waals surface area contributed by atoms with E-state index in [0.717, 1.165) is 58.3 Å². The highest BCUT2D eigenvalue weighted by Crippen LogP contribution is 2.39. The molecule has 23 nitrogen and oxygen atoms in total. The van der Waals surface area contributed by atoms with Gasteiger partial charge >= 0.3 is 5.97 Å². The first-order valence-corrected chi connectivity index (χ1v) is 35.9. The number of aliphatic carboxylic acids is 1. The maximum atomic E-state index is 13.4. The Morgan fingerprint density at radius 3 is 1.37 bits per heavy atom. The largest absolute Gasteiger partial charge is 0.477 e. The first kappa shape index (κ1) is 83.0. The van der Waals surface area contributed by atoms with Crippen molar-refractivity contribution in [1.29, 1.82) is 0 Å². The van der Waals surface area contributed by atoms with Crippen LogP contribution in [0.15, 0.2) is 0 Å². The van der Waals surface area contributed by atoms with E-state index in [9.17, 15) is 75.7 Å². The minimum atomic E-state index is -3.08. The quantitative estimate of drug-likeness (QED) is 0.0275. The highest BCUT2D eigenvalue weighted by molar-refractivity contribution is 5.77. The van der Waals surface area contributed by atoms with E-state index in [4.69, 9.17) is 28.4 Å². The molecule has 536 valence electrons. The fourth-order valence-corrected chi connectivity index (χ4v) is 12.8. The van der Waals surface area contributed by atoms with E-state index < -0.39 is 148 Å². The molecule has 3 heterocycles. The van der Waals surface area contributed by atoms with Crippen LogP contribution in [0.3, 0.4) is 0 Å². The summed E-state index contributed by atoms with van der Waals surface area (Å²) in [5, 5.41) is 136. The fourth-order valence-electron chi connectivity index (χ4n) is 12.8. The van der Waals surface area contributed by atoms with Crippen LogP contribution in [0.1, 0.15) is 278 Å². The summed E-state index contributed by atoms with van der Waals surface area (Å²) in [5.74, 6) is -6.09. The molecule has 0 aromatic carbocycles. The third-order valence-corrected chi connectivity index (χ3v) is 18.6. The summed E-state index contributed by atoms with van der Waals surface area (Å²) >= 11 is 0. The second-order valence-corrected chi connectivity index (χ2v) is 26.5. The van der Waals surface area contributed by atoms with Crippen LogP contribution in [0.5, 0.6) is 0 Å². The molecule has 3 fully saturated rings. The summed E-state index contributed by atoms with van der Waals surface area (Å²) in [5.41, 5.74) is 0. The summed E-state index contributed by atoms with van der Waals surface area (Å²) in [7, 11) is 0. The van der Waals surface area contributed by atoms with Gasteiger partial charge in [-0.25, -0.2) is 4.79 Å². The molecule has 0 aliphatic carbocycles. The predicted octanol–water partition coefficient (Wildman–Crippen LogP) is 6.90. The Labute approximate surface area is 544 Å². The minimum absolute atomic E-state index is 0.228. The van der Waals surface area contributed by atoms with Crippen molar-refractivity contribution in [3.63, 3.8) is 0 Å². The van der Waals surface area contributed by atoms with Crippen LogP contribution in [0.4, 0.5) is 0 Å². The number of unbranched alkanes of at least 4 members (excludes halogenated alkanes) is 35. The zero-order valence-corrected chi connectivity index (χ0v) is 56.0. The van der Waals surface area contributed by atoms with Gasteiger partial charge in [0.15, 0.2) is 12.6 Å². The molecule has 0 bridgehead atoms. The Bertz CT molecular complexity index is 1850. The van der Waals surface area contributed by atoms with Crippen molar-refractivity contribution in [3.05, 3.63) is 0 Å². The standard InChI is InChI=1S/C68H128N2O21/c1-4-6-8-10-12-14-16-18-19-20-21-22-23-24-25-26-27-28-29-30-31-33-35-37-39-41-50(75)49(70-55(78)42-40-38-36-34-32-17-15-13-11-9-7-5-2)47-86-65-60(82)59(81)62(54(46-73)88-65)89-66-61(83)64(58(80)53(45-72)87-66)91-68(67(84)85)43-51(76)56(69-48(3)74)63(90-68)57(79)52(77)44-71/h49-54,56-66,71-73,75-77,79-83H,4-47H2,1-3H3,(H,69,74)(H,70,78)(H,84,85). The van der Waals surface area contributed by atoms with Crippen LogP contribution >= 0.6 is 0 Å². The van der Waals surface area contributed by atoms with E-state index in [1.54, 1.807) is 0 Å². The first-order valence-electron chi connectivity index (χ1n) is 35.9. The summed E-state index contributed by atoms with van der Waals surface area (Å²) in [4.78, 5) is 38.5. The summed E-state index contributed by atoms with van der Waals surface area (Å²) in [6.45, 7) is 2.22. The summed E-state index contributed by atoms with van der Waals surface area (Å²) < 4.78 is 34.9. The number of hydrogen-bond donors (Lipinski definition) is 14. The van der Waals surface area contributed by atoms with E-state index in [-0.39, 0.29) is 18.9 Å². The lowest BCUT2D eigenvalue weighted by Crippen LogP contribution is -2.70. The Kier molecular flexibility index (Phi) is 44.9. The molecule has 18 atom stereocenters. The van der Waals surface area contributed by atoms with Crippen LogP contribution in [0.25, 0.3) is 0 Å². The molecule has 0 spiro atoms. The van der Waals surface area contributed by atoms with Crippen molar-refractivity contribution < 1.29 is 104 Å². The molecule has 23 heteroatoms. The Hall–Kier alpha value is -2.27. The molecule has 0 aromatic rings. The normalized spacial score (nSPS) is 28.4. The van der Waals surface area contributed by atoms with Gasteiger partial charge in [-0.2, -0.15) is 0 Å². The van der Waals surface area contributed by atoms with E-state index >= 15 is 0 Å². The van der Waals surface area contributed by atoms with Crippen LogP contribution in [0.2, 0.25) is 0 Å². The zero-order chi connectivity index (χ0) is 66.8. The topological polar surface area (TPSA) is 373 Å². The number of aliphatic hydroxyl groups excluding tert-OH is 11. The lowest BCUT2D eigenvalue weighted by molar-refractivity contribution is -0.386. The van der Waals surface area contributed by atoms with Gasteiger partial charge in [0.25, 0.3) is 5.79 Å². The number of hydrogen-bond acceptors (Lipinski definition) is 20. The molecule has 0 aromatic heterocycles. The molecule has 3 aliphatic heterocycles. The number of carboxylic acids is 1. The summed E-state index contributed by atoms with van der Waals surface area (Å²) in [6.07, 6.45) is 16.9. The minimum Gasteiger partial charge on any atom is -0.477 e. The number of rotatable bonds is 55. The summed E-state index contributed by atoms with van der Waals surface area (Å²) in [6, 6.07) is -2.52. The molecule has 0 saturated carbocycles. The van der Waals surface area contributed by atoms with Crippen molar-refractivity contribution >= 4 is 17.8 Å². The molecule has 3 aliphatic rings. The molecule has 18 unspecified atom stereocenters. The van der Waals surface area contributed by atoms with E-state index in [1.807, 2.05) is 0 Å². The van der Waals surface area contributed by atoms with Gasteiger partial charge in [0.1, 0.15) is 67.1 Å². The zero-order valence-electron chi connectivity index (χ0n) is 56.0. The highest BCUT2D eigenvalue weighted by atomic mass is 16.8. The number of ether oxygens (including phenoxy) is 6. The lowest BCUT2D eigenvalue weighted by atomic mass is 9.88. The average Bonchev–Trinajstić information content (AvgIpc) is 0.772. The van der Waals surface area contributed by atoms with Crippen molar-refractivity contribution in [2.75, 3.05) is 26.4 Å². The number of carbonyl (C=O) groups excluding carboxylic acids is 2. The molecule has 0 radical (unpaired) electrons. The molecule has 3 saturated heterocycles. The van der Waals surface area contributed by atoms with Gasteiger partial charge in [0, 0.05) is 19.8 Å². The molecule has 2 amide bonds. The monoisotopic (exact) mass is 1310 g/mol. The Morgan fingerprint density at radius 1 is 0.527 bits per heavy atom. The fraction of sp³-hybridized carbons (Fsp3) is 0.956. The Balaban J connectivity index is 1.54. The number of nitrogens with one attached hydrogen (secondary N) is 2. The van der Waals surface area contributed by atoms with Crippen molar-refractivity contribution in [2.45, 2.75) is 387 Å². The molecule has 91 heavy (non-hydrogen) atoms. The number of carbonyl (C=O) groups is 3. The van der Waals surface area contributed by atoms with Crippen LogP contribution in [-0.4, -0.2) is 215 Å². The van der Waals surface area contributed by atoms with Crippen LogP contribution < -0.4 is 10.6 Å². The van der Waals surface area contributed by atoms with Gasteiger partial charge < -0.3 is 100 Å². The van der Waals surface area contributed by atoms with Gasteiger partial charge in [-0.3, -0.25) is 9.59 Å². The smallest absolute Gasteiger partial charge is 0.364 e. The number of carboxylic acid groups (broad SMARTS) is 1. The third kappa shape index (κ3) is 31.7. The first-order chi connectivity index (χ1) is 43.9. The van der Waals surface area contributed by atoms with Crippen LogP contribution in [0, 0.1) is 0 Å². The van der Waals surface area contributed by atoms with E-state index in [0.29, 0.717) is 19.3 Å². The number of amides is 2. The molecule has 14 N–H and O–H groups in total. The van der Waals surface area contributed by atoms with Gasteiger partial charge in [0.05, 0.1) is 50.7 Å². The lowest BCUT2D eigenvalue weighted by Gasteiger charge is -2.50. The van der Waals surface area contributed by atoms with Crippen LogP contribution in [-0.2, 0) is 42.8 Å². The van der Waals surface area contributed by atoms with Gasteiger partial charge in [-0.05, 0) is 12.8 Å². The van der Waals surface area contributed by atoms with E-state index in [2.05, 4.69) is 24.5 Å². The van der Waals surface area contributed by atoms with Gasteiger partial charge in [-0.15, -0.1) is 0 Å². The predicted molar refractivity (Wildman–Crippen MR) is 343 cm³/mol. The van der Waals surface area contributed by atoms with Crippen molar-refractivity contribution in [2.24, 2.45) is 0 Å². The highest BCUT2D eigenvalue weighted by Gasteiger charge is 2.60. The van der Waals surface area contributed by atoms with E-state index in [1.165, 1.54) is 173 Å². The second-order valence-electron chi connectivity index (χ2n) is 26.5. The van der Waals surface area contributed by atoms with Gasteiger partial charge in [0.2, 0.25) is 11.8 Å². The van der Waals surface area contributed by atoms with Crippen molar-refractivity contribution in [3.8, 4) is 0 Å². The Morgan fingerprint density at radius 2 is 0.956 bits per heavy atom. The molecular formula is C68H128N2O21. The maximum absolute atomic E-state index is 13.4. The molecule has 3 rings (SSSR count).